The molecule has 3 aliphatic heterocycles. The number of amides is 2. The molecule has 10 nitrogen and oxygen atoms in total. The minimum atomic E-state index is -3.55. The van der Waals surface area contributed by atoms with Crippen molar-refractivity contribution in [1.82, 2.24) is 13.5 Å². The van der Waals surface area contributed by atoms with E-state index in [0.29, 0.717) is 50.8 Å². The quantitative estimate of drug-likeness (QED) is 0.647. The van der Waals surface area contributed by atoms with Crippen LogP contribution >= 0.6 is 0 Å². The van der Waals surface area contributed by atoms with Gasteiger partial charge in [0.2, 0.25) is 5.91 Å². The molecule has 0 bridgehead atoms. The Hall–Kier alpha value is -2.34. The zero-order chi connectivity index (χ0) is 22.9. The monoisotopic (exact) mass is 463 g/mol. The Bertz CT molecular complexity index is 1030. The van der Waals surface area contributed by atoms with Crippen molar-refractivity contribution in [2.75, 3.05) is 57.5 Å². The van der Waals surface area contributed by atoms with E-state index in [0.717, 1.165) is 11.1 Å². The fraction of sp³-hybridized carbons (Fsp3) is 0.571. The first kappa shape index (κ1) is 22.8. The highest BCUT2D eigenvalue weighted by atomic mass is 32.2. The van der Waals surface area contributed by atoms with Gasteiger partial charge in [0.25, 0.3) is 16.1 Å². The molecular weight excluding hydrogens is 434 g/mol. The van der Waals surface area contributed by atoms with Gasteiger partial charge in [0.1, 0.15) is 5.71 Å². The number of rotatable bonds is 4. The molecule has 1 aromatic rings. The lowest BCUT2D eigenvalue weighted by molar-refractivity contribution is -0.125. The van der Waals surface area contributed by atoms with Crippen LogP contribution in [0.2, 0.25) is 0 Å². The highest BCUT2D eigenvalue weighted by molar-refractivity contribution is 7.86. The van der Waals surface area contributed by atoms with Gasteiger partial charge in [-0.1, -0.05) is 12.1 Å². The van der Waals surface area contributed by atoms with Crippen molar-refractivity contribution in [2.45, 2.75) is 26.7 Å². The summed E-state index contributed by atoms with van der Waals surface area (Å²) in [4.78, 5) is 27.2. The van der Waals surface area contributed by atoms with Crippen molar-refractivity contribution in [1.29, 1.82) is 0 Å². The molecule has 0 unspecified atom stereocenters. The third-order valence-electron chi connectivity index (χ3n) is 6.02. The van der Waals surface area contributed by atoms with E-state index >= 15 is 0 Å². The number of morpholine rings is 1. The topological polar surface area (TPSA) is 103 Å². The minimum Gasteiger partial charge on any atom is -0.379 e. The van der Waals surface area contributed by atoms with Crippen LogP contribution in [0.15, 0.2) is 23.3 Å². The number of carbonyl (C=O) groups is 2. The van der Waals surface area contributed by atoms with Gasteiger partial charge in [-0.05, 0) is 31.0 Å². The SMILES string of the molecule is Cc1ccc(C)c(N2N=C(C(=O)N3CCN(S(=O)(=O)N4CCOCC4)CC3)CCC2=O)c1. The third-order valence-corrected chi connectivity index (χ3v) is 8.06. The number of piperazine rings is 1. The molecule has 0 aliphatic carbocycles. The molecule has 11 heteroatoms. The van der Waals surface area contributed by atoms with Gasteiger partial charge in [0.05, 0.1) is 18.9 Å². The molecule has 0 atom stereocenters. The molecule has 0 spiro atoms. The highest BCUT2D eigenvalue weighted by Gasteiger charge is 2.36. The first-order valence-electron chi connectivity index (χ1n) is 10.9. The molecule has 32 heavy (non-hydrogen) atoms. The number of aryl methyl sites for hydroxylation is 2. The van der Waals surface area contributed by atoms with Crippen LogP contribution in [0, 0.1) is 13.8 Å². The van der Waals surface area contributed by atoms with Crippen LogP contribution in [-0.4, -0.2) is 91.9 Å². The molecule has 1 aromatic carbocycles. The largest absolute Gasteiger partial charge is 0.379 e. The number of ether oxygens (including phenoxy) is 1. The van der Waals surface area contributed by atoms with Crippen molar-refractivity contribution < 1.29 is 22.7 Å². The predicted octanol–water partition coefficient (Wildman–Crippen LogP) is 0.507. The van der Waals surface area contributed by atoms with Crippen LogP contribution in [0.25, 0.3) is 0 Å². The van der Waals surface area contributed by atoms with Crippen molar-refractivity contribution in [3.8, 4) is 0 Å². The van der Waals surface area contributed by atoms with Gasteiger partial charge in [-0.25, -0.2) is 5.01 Å². The standard InChI is InChI=1S/C21H29N5O5S/c1-16-3-4-17(2)19(15-16)26-20(27)6-5-18(22-26)21(28)23-7-9-24(10-8-23)32(29,30)25-11-13-31-14-12-25/h3-4,15H,5-14H2,1-2H3. The number of carbonyl (C=O) groups excluding carboxylic acids is 2. The molecule has 0 N–H and O–H groups in total. The van der Waals surface area contributed by atoms with Crippen LogP contribution in [0.4, 0.5) is 5.69 Å². The van der Waals surface area contributed by atoms with Crippen LogP contribution in [-0.2, 0) is 24.5 Å². The summed E-state index contributed by atoms with van der Waals surface area (Å²) in [5, 5.41) is 5.74. The van der Waals surface area contributed by atoms with Gasteiger partial charge in [0, 0.05) is 52.1 Å². The summed E-state index contributed by atoms with van der Waals surface area (Å²) in [5.74, 6) is -0.382. The molecule has 3 heterocycles. The van der Waals surface area contributed by atoms with E-state index in [1.54, 1.807) is 4.90 Å². The van der Waals surface area contributed by atoms with Gasteiger partial charge in [0.15, 0.2) is 0 Å². The molecule has 174 valence electrons. The highest BCUT2D eigenvalue weighted by Crippen LogP contribution is 2.26. The molecule has 4 rings (SSSR count). The van der Waals surface area contributed by atoms with E-state index in [2.05, 4.69) is 5.10 Å². The second-order valence-corrected chi connectivity index (χ2v) is 10.2. The van der Waals surface area contributed by atoms with Crippen molar-refractivity contribution in [3.63, 3.8) is 0 Å². The lowest BCUT2D eigenvalue weighted by Gasteiger charge is -2.38. The minimum absolute atomic E-state index is 0.142. The fourth-order valence-electron chi connectivity index (χ4n) is 4.09. The summed E-state index contributed by atoms with van der Waals surface area (Å²) in [6, 6.07) is 5.78. The number of hydrogen-bond acceptors (Lipinski definition) is 6. The van der Waals surface area contributed by atoms with Crippen LogP contribution in [0.1, 0.15) is 24.0 Å². The maximum Gasteiger partial charge on any atom is 0.282 e. The van der Waals surface area contributed by atoms with E-state index in [9.17, 15) is 18.0 Å². The Morgan fingerprint density at radius 1 is 0.969 bits per heavy atom. The van der Waals surface area contributed by atoms with E-state index in [1.165, 1.54) is 13.6 Å². The lowest BCUT2D eigenvalue weighted by atomic mass is 10.1. The molecule has 0 saturated carbocycles. The van der Waals surface area contributed by atoms with Crippen LogP contribution < -0.4 is 5.01 Å². The smallest absolute Gasteiger partial charge is 0.282 e. The van der Waals surface area contributed by atoms with E-state index in [4.69, 9.17) is 4.74 Å². The average Bonchev–Trinajstić information content (AvgIpc) is 2.81. The van der Waals surface area contributed by atoms with Gasteiger partial charge in [-0.15, -0.1) is 0 Å². The Kier molecular flexibility index (Phi) is 6.61. The van der Waals surface area contributed by atoms with Gasteiger partial charge < -0.3 is 9.64 Å². The number of hydrazone groups is 1. The molecule has 2 saturated heterocycles. The summed E-state index contributed by atoms with van der Waals surface area (Å²) in [6.07, 6.45) is 0.495. The second-order valence-electron chi connectivity index (χ2n) is 8.25. The van der Waals surface area contributed by atoms with Crippen LogP contribution in [0.5, 0.6) is 0 Å². The summed E-state index contributed by atoms with van der Waals surface area (Å²) >= 11 is 0. The Labute approximate surface area is 188 Å². The maximum atomic E-state index is 13.1. The van der Waals surface area contributed by atoms with Gasteiger partial charge >= 0.3 is 0 Å². The van der Waals surface area contributed by atoms with Crippen molar-refractivity contribution in [2.24, 2.45) is 5.10 Å². The van der Waals surface area contributed by atoms with E-state index in [-0.39, 0.29) is 37.7 Å². The maximum absolute atomic E-state index is 13.1. The van der Waals surface area contributed by atoms with Crippen molar-refractivity contribution >= 4 is 33.4 Å². The van der Waals surface area contributed by atoms with Crippen LogP contribution in [0.3, 0.4) is 0 Å². The molecular formula is C21H29N5O5S. The van der Waals surface area contributed by atoms with Crippen molar-refractivity contribution in [3.05, 3.63) is 29.3 Å². The molecule has 0 aromatic heterocycles. The average molecular weight is 464 g/mol. The first-order chi connectivity index (χ1) is 15.3. The summed E-state index contributed by atoms with van der Waals surface area (Å²) in [7, 11) is -3.55. The normalized spacial score (nSPS) is 21.6. The summed E-state index contributed by atoms with van der Waals surface area (Å²) in [5.41, 5.74) is 2.92. The summed E-state index contributed by atoms with van der Waals surface area (Å²) in [6.45, 7) is 6.38. The van der Waals surface area contributed by atoms with E-state index < -0.39 is 10.2 Å². The van der Waals surface area contributed by atoms with Gasteiger partial charge in [-0.2, -0.15) is 22.1 Å². The second kappa shape index (κ2) is 9.26. The Morgan fingerprint density at radius 3 is 2.31 bits per heavy atom. The third kappa shape index (κ3) is 4.56. The predicted molar refractivity (Wildman–Crippen MR) is 120 cm³/mol. The lowest BCUT2D eigenvalue weighted by Crippen LogP contribution is -2.56. The summed E-state index contributed by atoms with van der Waals surface area (Å²) < 4.78 is 33.8. The number of anilines is 1. The zero-order valence-corrected chi connectivity index (χ0v) is 19.3. The number of nitrogens with zero attached hydrogens (tertiary/aromatic N) is 5. The first-order valence-corrected chi connectivity index (χ1v) is 12.3. The molecule has 3 aliphatic rings. The zero-order valence-electron chi connectivity index (χ0n) is 18.5. The fourth-order valence-corrected chi connectivity index (χ4v) is 5.65. The molecule has 2 amide bonds. The Balaban J connectivity index is 1.44. The van der Waals surface area contributed by atoms with Gasteiger partial charge in [-0.3, -0.25) is 9.59 Å². The number of benzene rings is 1. The molecule has 2 fully saturated rings. The Morgan fingerprint density at radius 2 is 1.62 bits per heavy atom. The number of hydrogen-bond donors (Lipinski definition) is 0. The van der Waals surface area contributed by atoms with E-state index in [1.807, 2.05) is 32.0 Å². The molecule has 0 radical (unpaired) electrons.